The van der Waals surface area contributed by atoms with Gasteiger partial charge in [-0.25, -0.2) is 9.79 Å². The molecule has 1 aliphatic heterocycles. The number of furan rings is 1. The second-order valence-corrected chi connectivity index (χ2v) is 6.13. The van der Waals surface area contributed by atoms with Crippen molar-refractivity contribution in [3.63, 3.8) is 0 Å². The molecule has 1 aliphatic rings. The first kappa shape index (κ1) is 18.8. The van der Waals surface area contributed by atoms with Gasteiger partial charge in [0.15, 0.2) is 5.96 Å². The highest BCUT2D eigenvalue weighted by Crippen LogP contribution is 2.20. The summed E-state index contributed by atoms with van der Waals surface area (Å²) in [5, 5.41) is 9.11. The molecular formula is C17H27N5O3. The third kappa shape index (κ3) is 4.74. The Labute approximate surface area is 148 Å². The van der Waals surface area contributed by atoms with Crippen LogP contribution < -0.4 is 16.0 Å². The second kappa shape index (κ2) is 8.55. The highest BCUT2D eigenvalue weighted by molar-refractivity contribution is 6.06. The Kier molecular flexibility index (Phi) is 6.44. The van der Waals surface area contributed by atoms with E-state index in [9.17, 15) is 9.59 Å². The van der Waals surface area contributed by atoms with Crippen LogP contribution >= 0.6 is 0 Å². The van der Waals surface area contributed by atoms with E-state index in [2.05, 4.69) is 20.9 Å². The average Bonchev–Trinajstić information content (AvgIpc) is 3.18. The monoisotopic (exact) mass is 349 g/mol. The van der Waals surface area contributed by atoms with E-state index in [0.717, 1.165) is 12.3 Å². The van der Waals surface area contributed by atoms with Gasteiger partial charge in [0, 0.05) is 19.6 Å². The molecule has 8 nitrogen and oxygen atoms in total. The van der Waals surface area contributed by atoms with Crippen LogP contribution in [0.5, 0.6) is 0 Å². The summed E-state index contributed by atoms with van der Waals surface area (Å²) < 4.78 is 5.26. The number of urea groups is 1. The summed E-state index contributed by atoms with van der Waals surface area (Å²) in [7, 11) is 0. The van der Waals surface area contributed by atoms with Crippen LogP contribution in [0.15, 0.2) is 27.8 Å². The van der Waals surface area contributed by atoms with E-state index in [1.807, 2.05) is 26.0 Å². The third-order valence-corrected chi connectivity index (χ3v) is 4.22. The van der Waals surface area contributed by atoms with Crippen molar-refractivity contribution in [2.45, 2.75) is 45.7 Å². The van der Waals surface area contributed by atoms with Crippen LogP contribution in [0.25, 0.3) is 0 Å². The van der Waals surface area contributed by atoms with E-state index >= 15 is 0 Å². The van der Waals surface area contributed by atoms with Crippen LogP contribution in [-0.2, 0) is 11.3 Å². The molecule has 0 spiro atoms. The largest absolute Gasteiger partial charge is 0.467 e. The minimum atomic E-state index is -0.774. The minimum absolute atomic E-state index is 0.154. The highest BCUT2D eigenvalue weighted by Gasteiger charge is 2.45. The Morgan fingerprint density at radius 1 is 1.36 bits per heavy atom. The van der Waals surface area contributed by atoms with Crippen LogP contribution in [0, 0.1) is 0 Å². The molecule has 0 radical (unpaired) electrons. The lowest BCUT2D eigenvalue weighted by Crippen LogP contribution is -2.43. The molecular weight excluding hydrogens is 322 g/mol. The zero-order valence-electron chi connectivity index (χ0n) is 15.1. The number of nitrogens with one attached hydrogen (secondary N) is 3. The maximum Gasteiger partial charge on any atom is 0.325 e. The maximum absolute atomic E-state index is 12.3. The summed E-state index contributed by atoms with van der Waals surface area (Å²) in [6.45, 7) is 7.81. The molecule has 0 aromatic carbocycles. The van der Waals surface area contributed by atoms with E-state index < -0.39 is 5.54 Å². The van der Waals surface area contributed by atoms with Crippen LogP contribution in [0.4, 0.5) is 4.79 Å². The fraction of sp³-hybridized carbons (Fsp3) is 0.588. The third-order valence-electron chi connectivity index (χ3n) is 4.22. The Bertz CT molecular complexity index is 614. The highest BCUT2D eigenvalue weighted by atomic mass is 16.3. The van der Waals surface area contributed by atoms with Crippen molar-refractivity contribution in [2.24, 2.45) is 4.99 Å². The fourth-order valence-corrected chi connectivity index (χ4v) is 2.53. The number of carbonyl (C=O) groups is 2. The van der Waals surface area contributed by atoms with Gasteiger partial charge in [-0.3, -0.25) is 9.69 Å². The van der Waals surface area contributed by atoms with Gasteiger partial charge in [-0.2, -0.15) is 0 Å². The summed E-state index contributed by atoms with van der Waals surface area (Å²) in [6.07, 6.45) is 2.84. The first-order valence-electron chi connectivity index (χ1n) is 8.69. The molecule has 0 aliphatic carbocycles. The molecule has 3 N–H and O–H groups in total. The van der Waals surface area contributed by atoms with E-state index in [1.54, 1.807) is 13.2 Å². The van der Waals surface area contributed by atoms with E-state index in [4.69, 9.17) is 4.42 Å². The van der Waals surface area contributed by atoms with Gasteiger partial charge in [-0.05, 0) is 38.8 Å². The molecule has 1 saturated heterocycles. The van der Waals surface area contributed by atoms with Crippen molar-refractivity contribution >= 4 is 17.9 Å². The van der Waals surface area contributed by atoms with Gasteiger partial charge in [0.1, 0.15) is 17.8 Å². The Morgan fingerprint density at radius 2 is 2.16 bits per heavy atom. The number of amides is 3. The van der Waals surface area contributed by atoms with Crippen LogP contribution in [0.2, 0.25) is 0 Å². The number of guanidine groups is 1. The fourth-order valence-electron chi connectivity index (χ4n) is 2.53. The first-order chi connectivity index (χ1) is 12.0. The SMILES string of the molecule is CCNC(=NCc1ccco1)NCCCN1C(=O)NC(C)(CC)C1=O. The lowest BCUT2D eigenvalue weighted by atomic mass is 9.99. The predicted molar refractivity (Wildman–Crippen MR) is 95.1 cm³/mol. The topological polar surface area (TPSA) is 99.0 Å². The van der Waals surface area contributed by atoms with Gasteiger partial charge >= 0.3 is 6.03 Å². The van der Waals surface area contributed by atoms with Crippen molar-refractivity contribution in [3.05, 3.63) is 24.2 Å². The Morgan fingerprint density at radius 3 is 2.76 bits per heavy atom. The number of rotatable bonds is 8. The number of carbonyl (C=O) groups excluding carboxylic acids is 2. The summed E-state index contributed by atoms with van der Waals surface area (Å²) in [5.74, 6) is 1.31. The minimum Gasteiger partial charge on any atom is -0.467 e. The van der Waals surface area contributed by atoms with E-state index in [0.29, 0.717) is 38.4 Å². The molecule has 8 heteroatoms. The zero-order valence-corrected chi connectivity index (χ0v) is 15.1. The van der Waals surface area contributed by atoms with Crippen molar-refractivity contribution in [2.75, 3.05) is 19.6 Å². The normalized spacial score (nSPS) is 20.8. The molecule has 0 bridgehead atoms. The molecule has 3 amide bonds. The molecule has 1 fully saturated rings. The molecule has 25 heavy (non-hydrogen) atoms. The van der Waals surface area contributed by atoms with Gasteiger partial charge in [0.25, 0.3) is 5.91 Å². The standard InChI is InChI=1S/C17H27N5O3/c1-4-17(3)14(23)22(16(24)21-17)10-7-9-19-15(18-5-2)20-12-13-8-6-11-25-13/h6,8,11H,4-5,7,9-10,12H2,1-3H3,(H,21,24)(H2,18,19,20). The van der Waals surface area contributed by atoms with Crippen LogP contribution in [0.1, 0.15) is 39.4 Å². The van der Waals surface area contributed by atoms with Crippen molar-refractivity contribution in [3.8, 4) is 0 Å². The average molecular weight is 349 g/mol. The molecule has 2 rings (SSSR count). The van der Waals surface area contributed by atoms with Crippen molar-refractivity contribution < 1.29 is 14.0 Å². The van der Waals surface area contributed by atoms with Gasteiger partial charge in [-0.15, -0.1) is 0 Å². The van der Waals surface area contributed by atoms with Crippen LogP contribution in [-0.4, -0.2) is 48.0 Å². The number of aliphatic imine (C=N–C) groups is 1. The van der Waals surface area contributed by atoms with Gasteiger partial charge in [0.2, 0.25) is 0 Å². The second-order valence-electron chi connectivity index (χ2n) is 6.13. The molecule has 1 aromatic rings. The van der Waals surface area contributed by atoms with E-state index in [-0.39, 0.29) is 11.9 Å². The number of nitrogens with zero attached hydrogens (tertiary/aromatic N) is 2. The molecule has 2 heterocycles. The summed E-state index contributed by atoms with van der Waals surface area (Å²) in [4.78, 5) is 30.0. The lowest BCUT2D eigenvalue weighted by Gasteiger charge is -2.19. The first-order valence-corrected chi connectivity index (χ1v) is 8.69. The van der Waals surface area contributed by atoms with Crippen LogP contribution in [0.3, 0.4) is 0 Å². The van der Waals surface area contributed by atoms with Gasteiger partial charge < -0.3 is 20.4 Å². The lowest BCUT2D eigenvalue weighted by molar-refractivity contribution is -0.130. The Hall–Kier alpha value is -2.51. The van der Waals surface area contributed by atoms with Crippen molar-refractivity contribution in [1.82, 2.24) is 20.9 Å². The molecule has 1 aromatic heterocycles. The number of imide groups is 1. The quantitative estimate of drug-likeness (QED) is 0.285. The molecule has 1 atom stereocenters. The molecule has 1 unspecified atom stereocenters. The van der Waals surface area contributed by atoms with Gasteiger partial charge in [-0.1, -0.05) is 6.92 Å². The van der Waals surface area contributed by atoms with E-state index in [1.165, 1.54) is 4.90 Å². The van der Waals surface area contributed by atoms with Gasteiger partial charge in [0.05, 0.1) is 6.26 Å². The smallest absolute Gasteiger partial charge is 0.325 e. The summed E-state index contributed by atoms with van der Waals surface area (Å²) >= 11 is 0. The summed E-state index contributed by atoms with van der Waals surface area (Å²) in [6, 6.07) is 3.38. The van der Waals surface area contributed by atoms with Crippen molar-refractivity contribution in [1.29, 1.82) is 0 Å². The molecule has 138 valence electrons. The number of hydrogen-bond donors (Lipinski definition) is 3. The maximum atomic E-state index is 12.3. The summed E-state index contributed by atoms with van der Waals surface area (Å²) in [5.41, 5.74) is -0.774. The Balaban J connectivity index is 1.79. The number of hydrogen-bond acceptors (Lipinski definition) is 4. The molecule has 0 saturated carbocycles. The zero-order chi connectivity index (χ0) is 18.3. The predicted octanol–water partition coefficient (Wildman–Crippen LogP) is 1.45.